The molecule has 0 aliphatic rings. The summed E-state index contributed by atoms with van der Waals surface area (Å²) in [5.74, 6) is -0.120. The van der Waals surface area contributed by atoms with Crippen LogP contribution >= 0.6 is 11.6 Å². The molecule has 6 nitrogen and oxygen atoms in total. The molecule has 23 heavy (non-hydrogen) atoms. The Morgan fingerprint density at radius 1 is 1.22 bits per heavy atom. The predicted octanol–water partition coefficient (Wildman–Crippen LogP) is 4.13. The van der Waals surface area contributed by atoms with Gasteiger partial charge in [-0.05, 0) is 49.4 Å². The molecule has 0 amide bonds. The van der Waals surface area contributed by atoms with Crippen LogP contribution < -0.4 is 9.47 Å². The number of benzene rings is 2. The fraction of sp³-hybridized carbons (Fsp3) is 0.125. The summed E-state index contributed by atoms with van der Waals surface area (Å²) in [6, 6.07) is 11.6. The Morgan fingerprint density at radius 3 is 2.61 bits per heavy atom. The number of rotatable bonds is 5. The first kappa shape index (κ1) is 15.2. The van der Waals surface area contributed by atoms with Crippen LogP contribution in [0.1, 0.15) is 6.92 Å². The van der Waals surface area contributed by atoms with Gasteiger partial charge in [0.15, 0.2) is 11.7 Å². The van der Waals surface area contributed by atoms with Gasteiger partial charge in [0.1, 0.15) is 17.0 Å². The Hall–Kier alpha value is -2.73. The third kappa shape index (κ3) is 3.54. The van der Waals surface area contributed by atoms with Gasteiger partial charge in [-0.2, -0.15) is 4.98 Å². The number of oxazole rings is 1. The van der Waals surface area contributed by atoms with E-state index in [2.05, 4.69) is 4.98 Å². The van der Waals surface area contributed by atoms with Crippen molar-refractivity contribution < 1.29 is 23.8 Å². The van der Waals surface area contributed by atoms with Crippen molar-refractivity contribution in [3.05, 3.63) is 47.5 Å². The number of hydrogen-bond donors (Lipinski definition) is 1. The molecule has 7 heteroatoms. The van der Waals surface area contributed by atoms with Crippen LogP contribution in [0, 0.1) is 0 Å². The zero-order valence-corrected chi connectivity index (χ0v) is 12.8. The number of carboxylic acid groups (broad SMARTS) is 1. The minimum atomic E-state index is -1.03. The molecule has 1 heterocycles. The highest BCUT2D eigenvalue weighted by Gasteiger charge is 2.13. The van der Waals surface area contributed by atoms with E-state index < -0.39 is 12.1 Å². The third-order valence-electron chi connectivity index (χ3n) is 3.02. The van der Waals surface area contributed by atoms with Crippen molar-refractivity contribution in [2.24, 2.45) is 0 Å². The normalized spacial score (nSPS) is 12.1. The molecular weight excluding hydrogens is 322 g/mol. The number of aromatic nitrogens is 1. The van der Waals surface area contributed by atoms with Gasteiger partial charge in [-0.25, -0.2) is 4.79 Å². The minimum absolute atomic E-state index is 0.0924. The second kappa shape index (κ2) is 6.18. The van der Waals surface area contributed by atoms with Gasteiger partial charge in [-0.3, -0.25) is 0 Å². The zero-order valence-electron chi connectivity index (χ0n) is 12.0. The fourth-order valence-corrected chi connectivity index (χ4v) is 2.03. The van der Waals surface area contributed by atoms with Crippen LogP contribution in [0.4, 0.5) is 0 Å². The Kier molecular flexibility index (Phi) is 4.08. The van der Waals surface area contributed by atoms with Gasteiger partial charge in [-0.15, -0.1) is 0 Å². The molecule has 118 valence electrons. The Bertz CT molecular complexity index is 843. The molecule has 1 atom stereocenters. The number of fused-ring (bicyclic) bond motifs is 1. The van der Waals surface area contributed by atoms with Crippen molar-refractivity contribution in [3.8, 4) is 17.6 Å². The van der Waals surface area contributed by atoms with Gasteiger partial charge in [0.25, 0.3) is 0 Å². The lowest BCUT2D eigenvalue weighted by Crippen LogP contribution is -2.22. The van der Waals surface area contributed by atoms with Gasteiger partial charge in [0, 0.05) is 5.02 Å². The van der Waals surface area contributed by atoms with E-state index in [0.717, 1.165) is 0 Å². The van der Waals surface area contributed by atoms with Gasteiger partial charge < -0.3 is 19.0 Å². The maximum Gasteiger partial charge on any atom is 0.400 e. The highest BCUT2D eigenvalue weighted by molar-refractivity contribution is 6.31. The molecule has 1 N–H and O–H groups in total. The minimum Gasteiger partial charge on any atom is -0.479 e. The summed E-state index contributed by atoms with van der Waals surface area (Å²) < 4.78 is 16.2. The van der Waals surface area contributed by atoms with Gasteiger partial charge in [-0.1, -0.05) is 11.6 Å². The van der Waals surface area contributed by atoms with Gasteiger partial charge >= 0.3 is 12.0 Å². The Morgan fingerprint density at radius 2 is 1.91 bits per heavy atom. The molecular formula is C16H12ClNO5. The summed E-state index contributed by atoms with van der Waals surface area (Å²) in [5, 5.41) is 9.36. The SMILES string of the molecule is CC(Oc1ccc(Oc2nc3cc(Cl)ccc3o2)cc1)C(=O)O. The molecule has 0 spiro atoms. The van der Waals surface area contributed by atoms with E-state index in [4.69, 9.17) is 30.6 Å². The molecule has 0 bridgehead atoms. The van der Waals surface area contributed by atoms with E-state index >= 15 is 0 Å². The van der Waals surface area contributed by atoms with Crippen molar-refractivity contribution in [1.29, 1.82) is 0 Å². The van der Waals surface area contributed by atoms with Crippen molar-refractivity contribution in [2.45, 2.75) is 13.0 Å². The predicted molar refractivity (Wildman–Crippen MR) is 83.3 cm³/mol. The zero-order chi connectivity index (χ0) is 16.4. The highest BCUT2D eigenvalue weighted by atomic mass is 35.5. The van der Waals surface area contributed by atoms with Crippen molar-refractivity contribution in [3.63, 3.8) is 0 Å². The highest BCUT2D eigenvalue weighted by Crippen LogP contribution is 2.28. The molecule has 0 saturated heterocycles. The molecule has 0 aliphatic carbocycles. The smallest absolute Gasteiger partial charge is 0.400 e. The number of carbonyl (C=O) groups is 1. The first-order valence-corrected chi connectivity index (χ1v) is 7.12. The Balaban J connectivity index is 1.73. The average Bonchev–Trinajstić information content (AvgIpc) is 2.90. The van der Waals surface area contributed by atoms with E-state index in [1.165, 1.54) is 6.92 Å². The maximum atomic E-state index is 10.7. The van der Waals surface area contributed by atoms with E-state index in [-0.39, 0.29) is 6.08 Å². The van der Waals surface area contributed by atoms with Crippen LogP contribution in [0.5, 0.6) is 17.6 Å². The second-order valence-corrected chi connectivity index (χ2v) is 5.20. The molecule has 3 aromatic rings. The van der Waals surface area contributed by atoms with Crippen LogP contribution in [0.25, 0.3) is 11.1 Å². The molecule has 0 saturated carbocycles. The molecule has 0 aliphatic heterocycles. The number of halogens is 1. The van der Waals surface area contributed by atoms with Gasteiger partial charge in [0.05, 0.1) is 0 Å². The van der Waals surface area contributed by atoms with Crippen LogP contribution in [0.15, 0.2) is 46.9 Å². The lowest BCUT2D eigenvalue weighted by molar-refractivity contribution is -0.144. The van der Waals surface area contributed by atoms with E-state index in [1.807, 2.05) is 0 Å². The number of nitrogens with zero attached hydrogens (tertiary/aromatic N) is 1. The number of carboxylic acids is 1. The molecule has 0 radical (unpaired) electrons. The summed E-state index contributed by atoms with van der Waals surface area (Å²) in [7, 11) is 0. The summed E-state index contributed by atoms with van der Waals surface area (Å²) in [4.78, 5) is 14.9. The first-order valence-electron chi connectivity index (χ1n) is 6.75. The summed E-state index contributed by atoms with van der Waals surface area (Å²) in [5.41, 5.74) is 1.17. The summed E-state index contributed by atoms with van der Waals surface area (Å²) in [6.45, 7) is 1.45. The molecule has 2 aromatic carbocycles. The van der Waals surface area contributed by atoms with Gasteiger partial charge in [0.2, 0.25) is 0 Å². The largest absolute Gasteiger partial charge is 0.479 e. The maximum absolute atomic E-state index is 10.7. The molecule has 3 rings (SSSR count). The van der Waals surface area contributed by atoms with Crippen LogP contribution in [0.3, 0.4) is 0 Å². The van der Waals surface area contributed by atoms with Crippen LogP contribution in [-0.2, 0) is 4.79 Å². The first-order chi connectivity index (χ1) is 11.0. The van der Waals surface area contributed by atoms with Crippen LogP contribution in [-0.4, -0.2) is 22.2 Å². The lowest BCUT2D eigenvalue weighted by atomic mass is 10.3. The van der Waals surface area contributed by atoms with E-state index in [1.54, 1.807) is 42.5 Å². The summed E-state index contributed by atoms with van der Waals surface area (Å²) >= 11 is 5.89. The van der Waals surface area contributed by atoms with E-state index in [9.17, 15) is 4.79 Å². The average molecular weight is 334 g/mol. The molecule has 1 unspecified atom stereocenters. The quantitative estimate of drug-likeness (QED) is 0.756. The molecule has 1 aromatic heterocycles. The second-order valence-electron chi connectivity index (χ2n) is 4.76. The van der Waals surface area contributed by atoms with E-state index in [0.29, 0.717) is 27.6 Å². The summed E-state index contributed by atoms with van der Waals surface area (Å²) in [6.07, 6.45) is -0.835. The lowest BCUT2D eigenvalue weighted by Gasteiger charge is -2.10. The molecule has 0 fully saturated rings. The Labute approximate surface area is 136 Å². The number of hydrogen-bond acceptors (Lipinski definition) is 5. The van der Waals surface area contributed by atoms with Crippen molar-refractivity contribution >= 4 is 28.7 Å². The van der Waals surface area contributed by atoms with Crippen molar-refractivity contribution in [1.82, 2.24) is 4.98 Å². The standard InChI is InChI=1S/C16H12ClNO5/c1-9(15(19)20)21-11-3-5-12(6-4-11)22-16-18-13-8-10(17)2-7-14(13)23-16/h2-9H,1H3,(H,19,20). The van der Waals surface area contributed by atoms with Crippen molar-refractivity contribution in [2.75, 3.05) is 0 Å². The number of ether oxygens (including phenoxy) is 2. The topological polar surface area (TPSA) is 81.8 Å². The fourth-order valence-electron chi connectivity index (χ4n) is 1.86. The monoisotopic (exact) mass is 333 g/mol. The third-order valence-corrected chi connectivity index (χ3v) is 3.25. The number of aliphatic carboxylic acids is 1. The van der Waals surface area contributed by atoms with Crippen LogP contribution in [0.2, 0.25) is 5.02 Å².